The van der Waals surface area contributed by atoms with Crippen LogP contribution in [0.5, 0.6) is 0 Å². The van der Waals surface area contributed by atoms with Crippen molar-refractivity contribution < 1.29 is 4.42 Å². The summed E-state index contributed by atoms with van der Waals surface area (Å²) in [4.78, 5) is 2.41. The second kappa shape index (κ2) is 12.9. The molecule has 0 saturated carbocycles. The van der Waals surface area contributed by atoms with Gasteiger partial charge in [-0.25, -0.2) is 0 Å². The Morgan fingerprint density at radius 1 is 0.382 bits per heavy atom. The fourth-order valence-corrected chi connectivity index (χ4v) is 9.48. The van der Waals surface area contributed by atoms with Crippen LogP contribution in [0.4, 0.5) is 17.1 Å². The van der Waals surface area contributed by atoms with Crippen molar-refractivity contribution in [1.82, 2.24) is 0 Å². The molecule has 0 unspecified atom stereocenters. The van der Waals surface area contributed by atoms with E-state index in [1.165, 1.54) is 53.2 Å². The minimum absolute atomic E-state index is 0.875. The third-order valence-electron chi connectivity index (χ3n) is 10.9. The average Bonchev–Trinajstić information content (AvgIpc) is 3.83. The maximum Gasteiger partial charge on any atom is 0.136 e. The Morgan fingerprint density at radius 3 is 1.75 bits per heavy atom. The van der Waals surface area contributed by atoms with Gasteiger partial charge in [-0.05, 0) is 87.1 Å². The quantitative estimate of drug-likeness (QED) is 0.170. The minimum atomic E-state index is 0.875. The Bertz CT molecular complexity index is 3180. The molecule has 0 N–H and O–H groups in total. The maximum atomic E-state index is 6.64. The summed E-state index contributed by atoms with van der Waals surface area (Å²) >= 11 is 1.87. The van der Waals surface area contributed by atoms with Gasteiger partial charge in [0.05, 0.1) is 5.69 Å². The van der Waals surface area contributed by atoms with Crippen molar-refractivity contribution in [3.63, 3.8) is 0 Å². The lowest BCUT2D eigenvalue weighted by Crippen LogP contribution is -2.11. The summed E-state index contributed by atoms with van der Waals surface area (Å²) in [6.45, 7) is 0. The van der Waals surface area contributed by atoms with Gasteiger partial charge < -0.3 is 9.32 Å². The maximum absolute atomic E-state index is 6.64. The van der Waals surface area contributed by atoms with Gasteiger partial charge in [0, 0.05) is 47.9 Å². The number of furan rings is 1. The lowest BCUT2D eigenvalue weighted by Gasteiger charge is -2.28. The SMILES string of the molecule is c1ccc(-c2ccc(N(c3ccc(-c4cccc5c4sc4ccccc45)cc3)c3cc4c(cc3-c3ccccc3)oc3ccc5ccccc5c34)cc2)cc1. The summed E-state index contributed by atoms with van der Waals surface area (Å²) in [5.74, 6) is 0. The first-order valence-electron chi connectivity index (χ1n) is 18.7. The fraction of sp³-hybridized carbons (Fsp3) is 0. The van der Waals surface area contributed by atoms with Crippen molar-refractivity contribution in [2.45, 2.75) is 0 Å². The second-order valence-corrected chi connectivity index (χ2v) is 15.1. The minimum Gasteiger partial charge on any atom is -0.456 e. The zero-order chi connectivity index (χ0) is 36.3. The van der Waals surface area contributed by atoms with Gasteiger partial charge in [0.2, 0.25) is 0 Å². The molecule has 0 atom stereocenters. The van der Waals surface area contributed by atoms with E-state index in [2.05, 4.69) is 205 Å². The molecule has 0 bridgehead atoms. The molecule has 2 nitrogen and oxygen atoms in total. The molecule has 0 aliphatic rings. The average molecular weight is 720 g/mol. The van der Waals surface area contributed by atoms with E-state index in [0.717, 1.165) is 50.1 Å². The standard InChI is InChI=1S/C52H33NOS/c1-3-12-34(13-4-1)35-22-27-39(28-23-35)53(40-29-24-38(25-30-40)42-19-11-20-44-43-18-9-10-21-50(43)55-52(42)44)47-32-46-49(33-45(47)36-14-5-2-6-15-36)54-48-31-26-37-16-7-8-17-41(37)51(46)48/h1-33H. The van der Waals surface area contributed by atoms with E-state index in [9.17, 15) is 0 Å². The normalized spacial score (nSPS) is 11.6. The van der Waals surface area contributed by atoms with Crippen LogP contribution in [0.3, 0.4) is 0 Å². The summed E-state index contributed by atoms with van der Waals surface area (Å²) in [5.41, 5.74) is 12.1. The van der Waals surface area contributed by atoms with Crippen molar-refractivity contribution in [3.05, 3.63) is 200 Å². The number of thiophene rings is 1. The topological polar surface area (TPSA) is 16.4 Å². The van der Waals surface area contributed by atoms with Crippen molar-refractivity contribution >= 4 is 81.3 Å². The number of rotatable bonds is 6. The molecule has 11 aromatic rings. The Kier molecular flexibility index (Phi) is 7.39. The lowest BCUT2D eigenvalue weighted by molar-refractivity contribution is 0.669. The third-order valence-corrected chi connectivity index (χ3v) is 12.1. The highest BCUT2D eigenvalue weighted by Crippen LogP contribution is 2.47. The van der Waals surface area contributed by atoms with Gasteiger partial charge in [0.15, 0.2) is 0 Å². The predicted molar refractivity (Wildman–Crippen MR) is 235 cm³/mol. The number of hydrogen-bond donors (Lipinski definition) is 0. The van der Waals surface area contributed by atoms with Crippen LogP contribution in [0.25, 0.3) is 86.3 Å². The molecule has 0 aliphatic carbocycles. The highest BCUT2D eigenvalue weighted by atomic mass is 32.1. The van der Waals surface area contributed by atoms with Crippen molar-refractivity contribution in [3.8, 4) is 33.4 Å². The van der Waals surface area contributed by atoms with Crippen LogP contribution < -0.4 is 4.90 Å². The first-order chi connectivity index (χ1) is 27.3. The molecule has 258 valence electrons. The van der Waals surface area contributed by atoms with Crippen molar-refractivity contribution in [1.29, 1.82) is 0 Å². The number of anilines is 3. The Balaban J connectivity index is 1.14. The molecule has 3 heteroatoms. The Morgan fingerprint density at radius 2 is 0.982 bits per heavy atom. The number of nitrogens with zero attached hydrogens (tertiary/aromatic N) is 1. The Hall–Kier alpha value is -6.94. The van der Waals surface area contributed by atoms with Crippen LogP contribution in [0.2, 0.25) is 0 Å². The zero-order valence-electron chi connectivity index (χ0n) is 29.8. The molecule has 0 saturated heterocycles. The van der Waals surface area contributed by atoms with Gasteiger partial charge in [-0.2, -0.15) is 0 Å². The summed E-state index contributed by atoms with van der Waals surface area (Å²) in [6.07, 6.45) is 0. The predicted octanol–water partition coefficient (Wildman–Crippen LogP) is 15.6. The molecule has 2 heterocycles. The van der Waals surface area contributed by atoms with E-state index in [-0.39, 0.29) is 0 Å². The molecular weight excluding hydrogens is 687 g/mol. The summed E-state index contributed by atoms with van der Waals surface area (Å²) in [6, 6.07) is 72.1. The van der Waals surface area contributed by atoms with Gasteiger partial charge in [0.25, 0.3) is 0 Å². The van der Waals surface area contributed by atoms with E-state index in [1.807, 2.05) is 11.3 Å². The zero-order valence-corrected chi connectivity index (χ0v) is 30.6. The van der Waals surface area contributed by atoms with Crippen LogP contribution in [0.1, 0.15) is 0 Å². The van der Waals surface area contributed by atoms with E-state index in [0.29, 0.717) is 0 Å². The van der Waals surface area contributed by atoms with Gasteiger partial charge in [-0.1, -0.05) is 152 Å². The highest BCUT2D eigenvalue weighted by Gasteiger charge is 2.22. The molecule has 0 fully saturated rings. The molecule has 0 radical (unpaired) electrons. The second-order valence-electron chi connectivity index (χ2n) is 14.1. The first-order valence-corrected chi connectivity index (χ1v) is 19.5. The molecular formula is C52H33NOS. The summed E-state index contributed by atoms with van der Waals surface area (Å²) in [7, 11) is 0. The van der Waals surface area contributed by atoms with Crippen LogP contribution in [-0.2, 0) is 0 Å². The van der Waals surface area contributed by atoms with Crippen LogP contribution in [0.15, 0.2) is 205 Å². The number of hydrogen-bond acceptors (Lipinski definition) is 3. The summed E-state index contributed by atoms with van der Waals surface area (Å²) < 4.78 is 9.27. The van der Waals surface area contributed by atoms with Crippen molar-refractivity contribution in [2.75, 3.05) is 4.90 Å². The molecule has 0 spiro atoms. The molecule has 0 amide bonds. The molecule has 11 rings (SSSR count). The van der Waals surface area contributed by atoms with Gasteiger partial charge >= 0.3 is 0 Å². The van der Waals surface area contributed by atoms with E-state index in [1.54, 1.807) is 0 Å². The van der Waals surface area contributed by atoms with Gasteiger partial charge in [-0.3, -0.25) is 0 Å². The van der Waals surface area contributed by atoms with Crippen LogP contribution in [-0.4, -0.2) is 0 Å². The van der Waals surface area contributed by atoms with Crippen molar-refractivity contribution in [2.24, 2.45) is 0 Å². The fourth-order valence-electron chi connectivity index (χ4n) is 8.24. The summed E-state index contributed by atoms with van der Waals surface area (Å²) in [5, 5.41) is 7.25. The third kappa shape index (κ3) is 5.32. The molecule has 0 aliphatic heterocycles. The van der Waals surface area contributed by atoms with Crippen LogP contribution >= 0.6 is 11.3 Å². The smallest absolute Gasteiger partial charge is 0.136 e. The number of benzene rings is 9. The molecule has 55 heavy (non-hydrogen) atoms. The molecule has 9 aromatic carbocycles. The largest absolute Gasteiger partial charge is 0.456 e. The van der Waals surface area contributed by atoms with E-state index >= 15 is 0 Å². The highest BCUT2D eigenvalue weighted by molar-refractivity contribution is 7.26. The molecule has 2 aromatic heterocycles. The monoisotopic (exact) mass is 719 g/mol. The number of fused-ring (bicyclic) bond motifs is 8. The van der Waals surface area contributed by atoms with E-state index < -0.39 is 0 Å². The van der Waals surface area contributed by atoms with E-state index in [4.69, 9.17) is 4.42 Å². The lowest BCUT2D eigenvalue weighted by atomic mass is 9.97. The first kappa shape index (κ1) is 31.6. The van der Waals surface area contributed by atoms with Crippen LogP contribution in [0, 0.1) is 0 Å². The Labute approximate surface area is 322 Å². The van der Waals surface area contributed by atoms with Gasteiger partial charge in [0.1, 0.15) is 11.2 Å². The van der Waals surface area contributed by atoms with Gasteiger partial charge in [-0.15, -0.1) is 11.3 Å².